The fraction of sp³-hybridized carbons (Fsp3) is 0.824. The summed E-state index contributed by atoms with van der Waals surface area (Å²) in [5, 5.41) is 0. The molecule has 0 aromatic heterocycles. The fourth-order valence-corrected chi connectivity index (χ4v) is 3.50. The highest BCUT2D eigenvalue weighted by atomic mass is 16.6. The molecule has 0 radical (unpaired) electrons. The van der Waals surface area contributed by atoms with Gasteiger partial charge in [0.25, 0.3) is 0 Å². The molecular formula is C17H27NO6. The SMILES string of the molecule is COC(=O)[C@@H]1[C@@H]2OCC[C@@H](CC=O)C[C@H]2CN1C(=O)OC(C)(C)C. The van der Waals surface area contributed by atoms with Gasteiger partial charge in [0, 0.05) is 25.5 Å². The van der Waals surface area contributed by atoms with Crippen molar-refractivity contribution < 1.29 is 28.6 Å². The van der Waals surface area contributed by atoms with Crippen molar-refractivity contribution in [3.63, 3.8) is 0 Å². The molecule has 7 nitrogen and oxygen atoms in total. The number of amides is 1. The summed E-state index contributed by atoms with van der Waals surface area (Å²) in [6.45, 7) is 6.18. The molecule has 2 fully saturated rings. The van der Waals surface area contributed by atoms with Crippen LogP contribution in [0.25, 0.3) is 0 Å². The molecule has 0 saturated carbocycles. The highest BCUT2D eigenvalue weighted by Gasteiger charge is 2.51. The molecule has 2 aliphatic rings. The van der Waals surface area contributed by atoms with Crippen LogP contribution in [-0.4, -0.2) is 61.3 Å². The molecule has 0 spiro atoms. The molecule has 0 unspecified atom stereocenters. The Labute approximate surface area is 142 Å². The number of methoxy groups -OCH3 is 1. The Bertz CT molecular complexity index is 486. The van der Waals surface area contributed by atoms with Crippen molar-refractivity contribution in [2.45, 2.75) is 57.8 Å². The summed E-state index contributed by atoms with van der Waals surface area (Å²) < 4.78 is 16.2. The molecule has 2 aliphatic heterocycles. The first kappa shape index (κ1) is 18.7. The molecule has 0 N–H and O–H groups in total. The lowest BCUT2D eigenvalue weighted by Gasteiger charge is -2.28. The van der Waals surface area contributed by atoms with Crippen molar-refractivity contribution in [1.82, 2.24) is 4.90 Å². The summed E-state index contributed by atoms with van der Waals surface area (Å²) in [5.41, 5.74) is -0.649. The second-order valence-corrected chi connectivity index (χ2v) is 7.49. The summed E-state index contributed by atoms with van der Waals surface area (Å²) in [7, 11) is 1.30. The standard InChI is InChI=1S/C17H27NO6/c1-17(2,3)24-16(21)18-10-12-9-11(5-7-19)6-8-23-14(12)13(18)15(20)22-4/h7,11-14H,5-6,8-10H2,1-4H3/t11-,12+,13+,14-/m1/s1. The number of esters is 1. The van der Waals surface area contributed by atoms with Gasteiger partial charge in [0.2, 0.25) is 0 Å². The quantitative estimate of drug-likeness (QED) is 0.575. The van der Waals surface area contributed by atoms with Crippen LogP contribution in [0.3, 0.4) is 0 Å². The predicted molar refractivity (Wildman–Crippen MR) is 85.4 cm³/mol. The third kappa shape index (κ3) is 4.26. The summed E-state index contributed by atoms with van der Waals surface area (Å²) >= 11 is 0. The fourth-order valence-electron chi connectivity index (χ4n) is 3.50. The first-order valence-corrected chi connectivity index (χ1v) is 8.39. The Morgan fingerprint density at radius 2 is 2.04 bits per heavy atom. The zero-order valence-electron chi connectivity index (χ0n) is 14.8. The van der Waals surface area contributed by atoms with Crippen molar-refractivity contribution in [3.05, 3.63) is 0 Å². The number of likely N-dealkylation sites (tertiary alicyclic amines) is 1. The molecule has 0 aromatic carbocycles. The molecular weight excluding hydrogens is 314 g/mol. The van der Waals surface area contributed by atoms with Gasteiger partial charge in [-0.25, -0.2) is 9.59 Å². The molecule has 0 bridgehead atoms. The summed E-state index contributed by atoms with van der Waals surface area (Å²) in [4.78, 5) is 37.0. The van der Waals surface area contributed by atoms with E-state index in [1.54, 1.807) is 20.8 Å². The maximum Gasteiger partial charge on any atom is 0.411 e. The smallest absolute Gasteiger partial charge is 0.411 e. The Morgan fingerprint density at radius 3 is 2.62 bits per heavy atom. The van der Waals surface area contributed by atoms with Crippen LogP contribution in [0.15, 0.2) is 0 Å². The molecule has 0 aromatic rings. The van der Waals surface area contributed by atoms with E-state index in [2.05, 4.69) is 0 Å². The van der Waals surface area contributed by atoms with Gasteiger partial charge in [0.1, 0.15) is 11.9 Å². The maximum absolute atomic E-state index is 12.5. The predicted octanol–water partition coefficient (Wildman–Crippen LogP) is 1.78. The van der Waals surface area contributed by atoms with Gasteiger partial charge in [-0.1, -0.05) is 0 Å². The van der Waals surface area contributed by atoms with Crippen molar-refractivity contribution in [2.75, 3.05) is 20.3 Å². The Kier molecular flexibility index (Phi) is 5.85. The lowest BCUT2D eigenvalue weighted by Crippen LogP contribution is -2.48. The van der Waals surface area contributed by atoms with Crippen LogP contribution in [-0.2, 0) is 23.8 Å². The number of ether oxygens (including phenoxy) is 3. The maximum atomic E-state index is 12.5. The van der Waals surface area contributed by atoms with Gasteiger partial charge in [-0.05, 0) is 39.5 Å². The van der Waals surface area contributed by atoms with E-state index in [1.165, 1.54) is 12.0 Å². The second kappa shape index (κ2) is 7.51. The number of carbonyl (C=O) groups is 3. The van der Waals surface area contributed by atoms with Crippen molar-refractivity contribution >= 4 is 18.3 Å². The molecule has 0 aliphatic carbocycles. The third-order valence-corrected chi connectivity index (χ3v) is 4.52. The summed E-state index contributed by atoms with van der Waals surface area (Å²) in [6.07, 6.45) is 1.97. The van der Waals surface area contributed by atoms with Gasteiger partial charge in [-0.15, -0.1) is 0 Å². The number of nitrogens with zero attached hydrogens (tertiary/aromatic N) is 1. The van der Waals surface area contributed by atoms with E-state index in [4.69, 9.17) is 14.2 Å². The Hall–Kier alpha value is -1.63. The number of hydrogen-bond donors (Lipinski definition) is 0. The Balaban J connectivity index is 2.20. The molecule has 2 heterocycles. The van der Waals surface area contributed by atoms with Gasteiger partial charge < -0.3 is 19.0 Å². The summed E-state index contributed by atoms with van der Waals surface area (Å²) in [5.74, 6) is -0.286. The normalized spacial score (nSPS) is 30.2. The number of hydrogen-bond acceptors (Lipinski definition) is 6. The van der Waals surface area contributed by atoms with Gasteiger partial charge in [-0.3, -0.25) is 4.90 Å². The van der Waals surface area contributed by atoms with E-state index in [9.17, 15) is 14.4 Å². The van der Waals surface area contributed by atoms with E-state index < -0.39 is 29.8 Å². The van der Waals surface area contributed by atoms with Crippen LogP contribution < -0.4 is 0 Å². The monoisotopic (exact) mass is 341 g/mol. The first-order valence-electron chi connectivity index (χ1n) is 8.39. The average Bonchev–Trinajstić information content (AvgIpc) is 2.72. The van der Waals surface area contributed by atoms with Gasteiger partial charge in [-0.2, -0.15) is 0 Å². The molecule has 2 saturated heterocycles. The van der Waals surface area contributed by atoms with E-state index >= 15 is 0 Å². The van der Waals surface area contributed by atoms with Gasteiger partial charge in [0.05, 0.1) is 13.2 Å². The molecule has 2 rings (SSSR count). The minimum absolute atomic E-state index is 0.00549. The van der Waals surface area contributed by atoms with Crippen LogP contribution in [0, 0.1) is 11.8 Å². The average molecular weight is 341 g/mol. The minimum Gasteiger partial charge on any atom is -0.467 e. The molecule has 1 amide bonds. The van der Waals surface area contributed by atoms with Crippen LogP contribution >= 0.6 is 0 Å². The number of rotatable bonds is 3. The van der Waals surface area contributed by atoms with Crippen LogP contribution in [0.2, 0.25) is 0 Å². The zero-order valence-corrected chi connectivity index (χ0v) is 14.8. The lowest BCUT2D eigenvalue weighted by molar-refractivity contribution is -0.150. The van der Waals surface area contributed by atoms with Crippen molar-refractivity contribution in [3.8, 4) is 0 Å². The van der Waals surface area contributed by atoms with E-state index in [0.29, 0.717) is 19.6 Å². The third-order valence-electron chi connectivity index (χ3n) is 4.52. The first-order chi connectivity index (χ1) is 11.3. The van der Waals surface area contributed by atoms with Crippen molar-refractivity contribution in [1.29, 1.82) is 0 Å². The molecule has 7 heteroatoms. The molecule has 4 atom stereocenters. The van der Waals surface area contributed by atoms with Crippen LogP contribution in [0.5, 0.6) is 0 Å². The van der Waals surface area contributed by atoms with E-state index in [0.717, 1.165) is 19.1 Å². The topological polar surface area (TPSA) is 82.1 Å². The lowest BCUT2D eigenvalue weighted by atomic mass is 9.88. The second-order valence-electron chi connectivity index (χ2n) is 7.49. The van der Waals surface area contributed by atoms with Crippen LogP contribution in [0.1, 0.15) is 40.0 Å². The highest BCUT2D eigenvalue weighted by molar-refractivity contribution is 5.83. The minimum atomic E-state index is -0.801. The van der Waals surface area contributed by atoms with Gasteiger partial charge in [0.15, 0.2) is 6.04 Å². The number of carbonyl (C=O) groups excluding carboxylic acids is 3. The number of fused-ring (bicyclic) bond motifs is 1. The molecule has 24 heavy (non-hydrogen) atoms. The molecule has 136 valence electrons. The van der Waals surface area contributed by atoms with Crippen molar-refractivity contribution in [2.24, 2.45) is 11.8 Å². The largest absolute Gasteiger partial charge is 0.467 e. The van der Waals surface area contributed by atoms with Crippen LogP contribution in [0.4, 0.5) is 4.79 Å². The van der Waals surface area contributed by atoms with Gasteiger partial charge >= 0.3 is 12.1 Å². The Morgan fingerprint density at radius 1 is 1.33 bits per heavy atom. The van der Waals surface area contributed by atoms with E-state index in [-0.39, 0.29) is 11.8 Å². The van der Waals surface area contributed by atoms with E-state index in [1.807, 2.05) is 0 Å². The highest BCUT2D eigenvalue weighted by Crippen LogP contribution is 2.37. The summed E-state index contributed by atoms with van der Waals surface area (Å²) in [6, 6.07) is -0.801. The zero-order chi connectivity index (χ0) is 17.9. The number of aldehydes is 1.